The molecule has 0 fully saturated rings. The second-order valence-corrected chi connectivity index (χ2v) is 5.51. The second kappa shape index (κ2) is 6.86. The maximum Gasteiger partial charge on any atom is 0.257 e. The molecule has 0 aliphatic heterocycles. The highest BCUT2D eigenvalue weighted by molar-refractivity contribution is 6.34. The lowest BCUT2D eigenvalue weighted by molar-refractivity contribution is 0.102. The summed E-state index contributed by atoms with van der Waals surface area (Å²) in [6, 6.07) is 11.2. The zero-order valence-corrected chi connectivity index (χ0v) is 13.3. The zero-order chi connectivity index (χ0) is 18.0. The van der Waals surface area contributed by atoms with Crippen molar-refractivity contribution in [1.29, 1.82) is 0 Å². The van der Waals surface area contributed by atoms with Gasteiger partial charge in [0.2, 0.25) is 0 Å². The summed E-state index contributed by atoms with van der Waals surface area (Å²) >= 11 is 5.79. The summed E-state index contributed by atoms with van der Waals surface area (Å²) in [6.45, 7) is 0. The third-order valence-electron chi connectivity index (χ3n) is 3.40. The maximum atomic E-state index is 13.3. The van der Waals surface area contributed by atoms with Crippen molar-refractivity contribution < 1.29 is 22.8 Å². The van der Waals surface area contributed by atoms with Crippen molar-refractivity contribution in [3.05, 3.63) is 76.5 Å². The van der Waals surface area contributed by atoms with Crippen molar-refractivity contribution >= 4 is 29.5 Å². The number of halogens is 3. The molecule has 0 aliphatic carbocycles. The van der Waals surface area contributed by atoms with Gasteiger partial charge in [-0.15, -0.1) is 0 Å². The molecule has 25 heavy (non-hydrogen) atoms. The highest BCUT2D eigenvalue weighted by atomic mass is 35.5. The number of amides is 1. The minimum Gasteiger partial charge on any atom is -0.453 e. The van der Waals surface area contributed by atoms with Crippen molar-refractivity contribution in [2.45, 2.75) is 0 Å². The van der Waals surface area contributed by atoms with Crippen LogP contribution in [-0.2, 0) is 0 Å². The number of aldehydes is 1. The molecule has 3 rings (SSSR count). The topological polar surface area (TPSA) is 59.3 Å². The molecular weight excluding hydrogens is 352 g/mol. The Labute approximate surface area is 146 Å². The Morgan fingerprint density at radius 1 is 1.08 bits per heavy atom. The molecule has 2 aromatic carbocycles. The van der Waals surface area contributed by atoms with E-state index < -0.39 is 17.5 Å². The first kappa shape index (κ1) is 16.9. The molecule has 0 spiro atoms. The van der Waals surface area contributed by atoms with E-state index in [0.717, 1.165) is 12.1 Å². The van der Waals surface area contributed by atoms with Crippen molar-refractivity contribution in [2.75, 3.05) is 5.32 Å². The summed E-state index contributed by atoms with van der Waals surface area (Å²) in [5.41, 5.74) is 0.835. The second-order valence-electron chi connectivity index (χ2n) is 5.10. The Hall–Kier alpha value is -2.99. The van der Waals surface area contributed by atoms with Crippen LogP contribution in [0.25, 0.3) is 11.3 Å². The average molecular weight is 362 g/mol. The highest BCUT2D eigenvalue weighted by Gasteiger charge is 2.15. The van der Waals surface area contributed by atoms with Crippen molar-refractivity contribution in [2.24, 2.45) is 0 Å². The van der Waals surface area contributed by atoms with Gasteiger partial charge in [-0.25, -0.2) is 8.78 Å². The molecule has 1 N–H and O–H groups in total. The van der Waals surface area contributed by atoms with Crippen LogP contribution in [0.5, 0.6) is 0 Å². The molecule has 0 saturated carbocycles. The Morgan fingerprint density at radius 3 is 2.56 bits per heavy atom. The van der Waals surface area contributed by atoms with E-state index in [1.807, 2.05) is 0 Å². The van der Waals surface area contributed by atoms with Gasteiger partial charge in [0.15, 0.2) is 23.7 Å². The fourth-order valence-corrected chi connectivity index (χ4v) is 2.45. The van der Waals surface area contributed by atoms with E-state index >= 15 is 0 Å². The van der Waals surface area contributed by atoms with Gasteiger partial charge in [-0.2, -0.15) is 0 Å². The number of nitrogens with one attached hydrogen (secondary N) is 1. The molecule has 3 aromatic rings. The van der Waals surface area contributed by atoms with Crippen LogP contribution in [0.2, 0.25) is 5.02 Å². The van der Waals surface area contributed by atoms with Gasteiger partial charge < -0.3 is 9.73 Å². The molecule has 0 atom stereocenters. The number of rotatable bonds is 4. The van der Waals surface area contributed by atoms with Crippen molar-refractivity contribution in [1.82, 2.24) is 0 Å². The van der Waals surface area contributed by atoms with E-state index in [2.05, 4.69) is 5.32 Å². The summed E-state index contributed by atoms with van der Waals surface area (Å²) in [4.78, 5) is 22.9. The lowest BCUT2D eigenvalue weighted by atomic mass is 10.1. The first-order valence-corrected chi connectivity index (χ1v) is 7.47. The monoisotopic (exact) mass is 361 g/mol. The molecule has 1 amide bonds. The normalized spacial score (nSPS) is 10.5. The standard InChI is InChI=1S/C18H10ClF2NO3/c19-14-8-16(21)15(20)7-13(14)18(24)22-11-3-1-2-10(6-11)17-5-4-12(9-23)25-17/h1-9H,(H,22,24). The molecular formula is C18H10ClF2NO3. The fraction of sp³-hybridized carbons (Fsp3) is 0. The third-order valence-corrected chi connectivity index (χ3v) is 3.72. The number of benzene rings is 2. The van der Waals surface area contributed by atoms with Crippen LogP contribution in [0.1, 0.15) is 20.9 Å². The number of carbonyl (C=O) groups is 2. The molecule has 0 aliphatic rings. The number of hydrogen-bond acceptors (Lipinski definition) is 3. The molecule has 0 saturated heterocycles. The van der Waals surface area contributed by atoms with Gasteiger partial charge in [-0.1, -0.05) is 23.7 Å². The Kier molecular flexibility index (Phi) is 4.63. The molecule has 126 valence electrons. The Bertz CT molecular complexity index is 969. The van der Waals surface area contributed by atoms with Gasteiger partial charge in [0, 0.05) is 11.3 Å². The maximum absolute atomic E-state index is 13.3. The van der Waals surface area contributed by atoms with Crippen LogP contribution < -0.4 is 5.32 Å². The minimum absolute atomic E-state index is 0.179. The number of carbonyl (C=O) groups excluding carboxylic acids is 2. The molecule has 7 heteroatoms. The number of anilines is 1. The largest absolute Gasteiger partial charge is 0.453 e. The molecule has 1 heterocycles. The minimum atomic E-state index is -1.17. The van der Waals surface area contributed by atoms with Gasteiger partial charge in [0.25, 0.3) is 5.91 Å². The van der Waals surface area contributed by atoms with Crippen LogP contribution in [0.4, 0.5) is 14.5 Å². The zero-order valence-electron chi connectivity index (χ0n) is 12.6. The summed E-state index contributed by atoms with van der Waals surface area (Å²) < 4.78 is 31.7. The van der Waals surface area contributed by atoms with E-state index in [0.29, 0.717) is 23.3 Å². The predicted molar refractivity (Wildman–Crippen MR) is 88.9 cm³/mol. The van der Waals surface area contributed by atoms with Crippen LogP contribution in [-0.4, -0.2) is 12.2 Å². The average Bonchev–Trinajstić information content (AvgIpc) is 3.07. The van der Waals surface area contributed by atoms with Crippen LogP contribution in [0, 0.1) is 11.6 Å². The van der Waals surface area contributed by atoms with Crippen LogP contribution in [0.3, 0.4) is 0 Å². The molecule has 0 unspecified atom stereocenters. The van der Waals surface area contributed by atoms with Gasteiger partial charge in [0.1, 0.15) is 5.76 Å². The summed E-state index contributed by atoms with van der Waals surface area (Å²) in [5.74, 6) is -2.36. The third kappa shape index (κ3) is 3.59. The van der Waals surface area contributed by atoms with Crippen LogP contribution >= 0.6 is 11.6 Å². The smallest absolute Gasteiger partial charge is 0.257 e. The summed E-state index contributed by atoms with van der Waals surface area (Å²) in [6.07, 6.45) is 0.584. The molecule has 0 radical (unpaired) electrons. The van der Waals surface area contributed by atoms with E-state index in [-0.39, 0.29) is 16.3 Å². The first-order valence-electron chi connectivity index (χ1n) is 7.09. The SMILES string of the molecule is O=Cc1ccc(-c2cccc(NC(=O)c3cc(F)c(F)cc3Cl)c2)o1. The molecule has 4 nitrogen and oxygen atoms in total. The fourth-order valence-electron chi connectivity index (χ4n) is 2.22. The van der Waals surface area contributed by atoms with Crippen LogP contribution in [0.15, 0.2) is 52.9 Å². The molecule has 0 bridgehead atoms. The van der Waals surface area contributed by atoms with E-state index in [4.69, 9.17) is 16.0 Å². The van der Waals surface area contributed by atoms with Crippen molar-refractivity contribution in [3.8, 4) is 11.3 Å². The van der Waals surface area contributed by atoms with Gasteiger partial charge in [-0.05, 0) is 36.4 Å². The van der Waals surface area contributed by atoms with E-state index in [1.54, 1.807) is 30.3 Å². The Balaban J connectivity index is 1.86. The van der Waals surface area contributed by atoms with E-state index in [1.165, 1.54) is 6.07 Å². The number of furan rings is 1. The lowest BCUT2D eigenvalue weighted by Gasteiger charge is -2.08. The quantitative estimate of drug-likeness (QED) is 0.528. The van der Waals surface area contributed by atoms with E-state index in [9.17, 15) is 18.4 Å². The van der Waals surface area contributed by atoms with Gasteiger partial charge >= 0.3 is 0 Å². The summed E-state index contributed by atoms with van der Waals surface area (Å²) in [7, 11) is 0. The summed E-state index contributed by atoms with van der Waals surface area (Å²) in [5, 5.41) is 2.35. The molecule has 1 aromatic heterocycles. The lowest BCUT2D eigenvalue weighted by Crippen LogP contribution is -2.13. The first-order chi connectivity index (χ1) is 12.0. The predicted octanol–water partition coefficient (Wildman–Crippen LogP) is 4.94. The Morgan fingerprint density at radius 2 is 1.84 bits per heavy atom. The van der Waals surface area contributed by atoms with Gasteiger partial charge in [-0.3, -0.25) is 9.59 Å². The number of hydrogen-bond donors (Lipinski definition) is 1. The van der Waals surface area contributed by atoms with Gasteiger partial charge in [0.05, 0.1) is 10.6 Å². The van der Waals surface area contributed by atoms with Crippen molar-refractivity contribution in [3.63, 3.8) is 0 Å². The highest BCUT2D eigenvalue weighted by Crippen LogP contribution is 2.26.